The van der Waals surface area contributed by atoms with Crippen molar-refractivity contribution in [1.29, 1.82) is 0 Å². The molecule has 1 atom stereocenters. The quantitative estimate of drug-likeness (QED) is 0.822. The highest BCUT2D eigenvalue weighted by molar-refractivity contribution is 5.88. The zero-order valence-corrected chi connectivity index (χ0v) is 16.5. The molecule has 2 aromatic rings. The van der Waals surface area contributed by atoms with Crippen LogP contribution in [-0.2, 0) is 35.5 Å². The van der Waals surface area contributed by atoms with Crippen LogP contribution in [0.2, 0.25) is 0 Å². The number of carbonyl (C=O) groups excluding carboxylic acids is 2. The molecule has 0 N–H and O–H groups in total. The standard InChI is InChI=1S/C22H26N4O2/c1-15(2)9-21(27)26-12-18-6-4-3-5-16(18)10-20(26)22(28)25-8-7-17-11-23-14-24-19(17)13-25/h3-6,11,14-15,20H,7-10,12-13H2,1-2H3/t20-/m1/s1. The van der Waals surface area contributed by atoms with Crippen molar-refractivity contribution in [2.45, 2.75) is 52.2 Å². The van der Waals surface area contributed by atoms with Gasteiger partial charge in [-0.05, 0) is 29.0 Å². The molecule has 3 heterocycles. The molecule has 2 amide bonds. The second kappa shape index (κ2) is 7.70. The minimum absolute atomic E-state index is 0.0240. The molecule has 28 heavy (non-hydrogen) atoms. The van der Waals surface area contributed by atoms with Gasteiger partial charge in [0.05, 0.1) is 12.2 Å². The molecule has 1 aromatic heterocycles. The maximum absolute atomic E-state index is 13.5. The first-order valence-electron chi connectivity index (χ1n) is 9.95. The Morgan fingerprint density at radius 1 is 1.14 bits per heavy atom. The van der Waals surface area contributed by atoms with Gasteiger partial charge in [-0.15, -0.1) is 0 Å². The summed E-state index contributed by atoms with van der Waals surface area (Å²) in [4.78, 5) is 38.5. The SMILES string of the molecule is CC(C)CC(=O)N1Cc2ccccc2C[C@@H]1C(=O)N1CCc2cncnc2C1. The van der Waals surface area contributed by atoms with Crippen LogP contribution in [0.4, 0.5) is 0 Å². The van der Waals surface area contributed by atoms with E-state index in [0.717, 1.165) is 28.8 Å². The number of fused-ring (bicyclic) bond motifs is 2. The van der Waals surface area contributed by atoms with Crippen molar-refractivity contribution in [1.82, 2.24) is 19.8 Å². The third kappa shape index (κ3) is 3.63. The van der Waals surface area contributed by atoms with Crippen LogP contribution in [0.3, 0.4) is 0 Å². The molecule has 2 aliphatic heterocycles. The second-order valence-electron chi connectivity index (χ2n) is 8.11. The number of hydrogen-bond donors (Lipinski definition) is 0. The van der Waals surface area contributed by atoms with Gasteiger partial charge in [0.2, 0.25) is 11.8 Å². The van der Waals surface area contributed by atoms with Crippen molar-refractivity contribution in [2.24, 2.45) is 5.92 Å². The van der Waals surface area contributed by atoms with E-state index in [9.17, 15) is 9.59 Å². The van der Waals surface area contributed by atoms with E-state index < -0.39 is 6.04 Å². The van der Waals surface area contributed by atoms with Crippen molar-refractivity contribution in [3.63, 3.8) is 0 Å². The van der Waals surface area contributed by atoms with Crippen molar-refractivity contribution in [3.8, 4) is 0 Å². The molecule has 0 aliphatic carbocycles. The van der Waals surface area contributed by atoms with Crippen molar-refractivity contribution >= 4 is 11.8 Å². The Labute approximate surface area is 165 Å². The first-order chi connectivity index (χ1) is 13.5. The van der Waals surface area contributed by atoms with E-state index in [2.05, 4.69) is 22.1 Å². The Kier molecular flexibility index (Phi) is 5.11. The summed E-state index contributed by atoms with van der Waals surface area (Å²) < 4.78 is 0. The first-order valence-corrected chi connectivity index (χ1v) is 9.95. The molecule has 0 radical (unpaired) electrons. The Morgan fingerprint density at radius 3 is 2.71 bits per heavy atom. The molecular weight excluding hydrogens is 352 g/mol. The van der Waals surface area contributed by atoms with Crippen LogP contribution in [0, 0.1) is 5.92 Å². The number of aromatic nitrogens is 2. The monoisotopic (exact) mass is 378 g/mol. The number of hydrogen-bond acceptors (Lipinski definition) is 4. The summed E-state index contributed by atoms with van der Waals surface area (Å²) in [5.41, 5.74) is 4.31. The molecule has 0 spiro atoms. The summed E-state index contributed by atoms with van der Waals surface area (Å²) in [7, 11) is 0. The summed E-state index contributed by atoms with van der Waals surface area (Å²) in [5, 5.41) is 0. The van der Waals surface area contributed by atoms with Gasteiger partial charge < -0.3 is 9.80 Å². The van der Waals surface area contributed by atoms with Crippen LogP contribution in [0.25, 0.3) is 0 Å². The summed E-state index contributed by atoms with van der Waals surface area (Å²) in [5.74, 6) is 0.345. The summed E-state index contributed by atoms with van der Waals surface area (Å²) in [6.07, 6.45) is 5.15. The summed E-state index contributed by atoms with van der Waals surface area (Å²) >= 11 is 0. The molecule has 4 rings (SSSR count). The van der Waals surface area contributed by atoms with E-state index in [0.29, 0.717) is 32.5 Å². The number of benzene rings is 1. The molecule has 2 aliphatic rings. The third-order valence-electron chi connectivity index (χ3n) is 5.62. The van der Waals surface area contributed by atoms with E-state index in [4.69, 9.17) is 0 Å². The molecule has 6 heteroatoms. The van der Waals surface area contributed by atoms with Crippen LogP contribution in [0.5, 0.6) is 0 Å². The topological polar surface area (TPSA) is 66.4 Å². The van der Waals surface area contributed by atoms with Gasteiger partial charge in [-0.3, -0.25) is 9.59 Å². The lowest BCUT2D eigenvalue weighted by atomic mass is 9.92. The Bertz CT molecular complexity index is 896. The largest absolute Gasteiger partial charge is 0.335 e. The Morgan fingerprint density at radius 2 is 1.93 bits per heavy atom. The molecule has 0 saturated carbocycles. The fraction of sp³-hybridized carbons (Fsp3) is 0.455. The lowest BCUT2D eigenvalue weighted by Crippen LogP contribution is -2.54. The van der Waals surface area contributed by atoms with Crippen molar-refractivity contribution in [3.05, 3.63) is 59.2 Å². The maximum Gasteiger partial charge on any atom is 0.246 e. The summed E-state index contributed by atoms with van der Waals surface area (Å²) in [6, 6.07) is 7.68. The highest BCUT2D eigenvalue weighted by Crippen LogP contribution is 2.27. The van der Waals surface area contributed by atoms with Gasteiger partial charge in [-0.25, -0.2) is 9.97 Å². The molecule has 1 aromatic carbocycles. The van der Waals surface area contributed by atoms with E-state index in [1.165, 1.54) is 6.33 Å². The van der Waals surface area contributed by atoms with E-state index >= 15 is 0 Å². The number of carbonyl (C=O) groups is 2. The molecular formula is C22H26N4O2. The van der Waals surface area contributed by atoms with Gasteiger partial charge in [0.15, 0.2) is 0 Å². The van der Waals surface area contributed by atoms with Crippen LogP contribution in [0.15, 0.2) is 36.8 Å². The lowest BCUT2D eigenvalue weighted by Gasteiger charge is -2.40. The first kappa shape index (κ1) is 18.6. The van der Waals surface area contributed by atoms with Gasteiger partial charge in [-0.2, -0.15) is 0 Å². The molecule has 6 nitrogen and oxygen atoms in total. The highest BCUT2D eigenvalue weighted by Gasteiger charge is 2.37. The highest BCUT2D eigenvalue weighted by atomic mass is 16.2. The van der Waals surface area contributed by atoms with Gasteiger partial charge in [-0.1, -0.05) is 38.1 Å². The number of nitrogens with zero attached hydrogens (tertiary/aromatic N) is 4. The van der Waals surface area contributed by atoms with Gasteiger partial charge in [0, 0.05) is 32.1 Å². The van der Waals surface area contributed by atoms with Crippen molar-refractivity contribution < 1.29 is 9.59 Å². The average Bonchev–Trinajstić information content (AvgIpc) is 2.71. The van der Waals surface area contributed by atoms with Crippen LogP contribution >= 0.6 is 0 Å². The van der Waals surface area contributed by atoms with Crippen LogP contribution in [-0.4, -0.2) is 44.2 Å². The average molecular weight is 378 g/mol. The predicted molar refractivity (Wildman–Crippen MR) is 105 cm³/mol. The number of rotatable bonds is 3. The van der Waals surface area contributed by atoms with E-state index in [1.54, 1.807) is 4.90 Å². The molecule has 0 bridgehead atoms. The molecule has 0 unspecified atom stereocenters. The Hall–Kier alpha value is -2.76. The lowest BCUT2D eigenvalue weighted by molar-refractivity contribution is -0.148. The second-order valence-corrected chi connectivity index (χ2v) is 8.11. The third-order valence-corrected chi connectivity index (χ3v) is 5.62. The van der Waals surface area contributed by atoms with Crippen LogP contribution < -0.4 is 0 Å². The Balaban J connectivity index is 1.59. The summed E-state index contributed by atoms with van der Waals surface area (Å²) in [6.45, 7) is 5.71. The predicted octanol–water partition coefficient (Wildman–Crippen LogP) is 2.36. The molecule has 146 valence electrons. The minimum atomic E-state index is -0.440. The van der Waals surface area contributed by atoms with Crippen LogP contribution in [0.1, 0.15) is 42.7 Å². The van der Waals surface area contributed by atoms with Crippen molar-refractivity contribution in [2.75, 3.05) is 6.54 Å². The van der Waals surface area contributed by atoms with Gasteiger partial charge in [0.25, 0.3) is 0 Å². The maximum atomic E-state index is 13.5. The fourth-order valence-electron chi connectivity index (χ4n) is 4.12. The molecule has 0 saturated heterocycles. The zero-order chi connectivity index (χ0) is 19.7. The zero-order valence-electron chi connectivity index (χ0n) is 16.5. The smallest absolute Gasteiger partial charge is 0.246 e. The number of amides is 2. The normalized spacial score (nSPS) is 18.6. The minimum Gasteiger partial charge on any atom is -0.335 e. The molecule has 0 fully saturated rings. The van der Waals surface area contributed by atoms with E-state index in [1.807, 2.05) is 37.1 Å². The van der Waals surface area contributed by atoms with Gasteiger partial charge in [0.1, 0.15) is 12.4 Å². The van der Waals surface area contributed by atoms with Gasteiger partial charge >= 0.3 is 0 Å². The fourth-order valence-corrected chi connectivity index (χ4v) is 4.12. The van der Waals surface area contributed by atoms with E-state index in [-0.39, 0.29) is 17.7 Å².